The van der Waals surface area contributed by atoms with Gasteiger partial charge in [-0.3, -0.25) is 4.79 Å². The summed E-state index contributed by atoms with van der Waals surface area (Å²) in [6.45, 7) is 0.353. The fourth-order valence-corrected chi connectivity index (χ4v) is 0.961. The summed E-state index contributed by atoms with van der Waals surface area (Å²) in [4.78, 5) is 21.2. The Bertz CT molecular complexity index is 278. The number of carbonyl (C=O) groups is 2. The van der Waals surface area contributed by atoms with Crippen molar-refractivity contribution in [3.8, 4) is 12.3 Å². The van der Waals surface area contributed by atoms with Gasteiger partial charge in [0.25, 0.3) is 0 Å². The second-order valence-corrected chi connectivity index (χ2v) is 3.15. The number of carboxylic acid groups (broad SMARTS) is 1. The second-order valence-electron chi connectivity index (χ2n) is 3.15. The van der Waals surface area contributed by atoms with Crippen molar-refractivity contribution >= 4 is 24.5 Å². The molecule has 0 radical (unpaired) electrons. The Morgan fingerprint density at radius 2 is 2.12 bits per heavy atom. The van der Waals surface area contributed by atoms with Gasteiger partial charge in [-0.2, -0.15) is 0 Å². The second kappa shape index (κ2) is 11.0. The first-order valence-electron chi connectivity index (χ1n) is 4.90. The summed E-state index contributed by atoms with van der Waals surface area (Å²) in [6.07, 6.45) is 5.98. The van der Waals surface area contributed by atoms with Gasteiger partial charge in [0.2, 0.25) is 0 Å². The summed E-state index contributed by atoms with van der Waals surface area (Å²) >= 11 is 0. The van der Waals surface area contributed by atoms with Gasteiger partial charge in [-0.05, 0) is 19.3 Å². The number of rotatable bonds is 7. The number of aliphatic carboxylic acids is 1. The van der Waals surface area contributed by atoms with Crippen LogP contribution >= 0.6 is 12.4 Å². The maximum absolute atomic E-state index is 10.9. The Morgan fingerprint density at radius 1 is 1.47 bits per heavy atom. The van der Waals surface area contributed by atoms with E-state index in [-0.39, 0.29) is 19.0 Å². The highest BCUT2D eigenvalue weighted by Gasteiger charge is 2.10. The molecule has 0 aliphatic carbocycles. The molecule has 0 fully saturated rings. The number of halogens is 1. The first kappa shape index (κ1) is 17.9. The van der Waals surface area contributed by atoms with Gasteiger partial charge in [-0.15, -0.1) is 18.8 Å². The van der Waals surface area contributed by atoms with Crippen LogP contribution in [0.15, 0.2) is 0 Å². The molecule has 0 heterocycles. The Balaban J connectivity index is 0. The van der Waals surface area contributed by atoms with Crippen molar-refractivity contribution in [3.05, 3.63) is 0 Å². The van der Waals surface area contributed by atoms with Crippen LogP contribution < -0.4 is 11.1 Å². The van der Waals surface area contributed by atoms with E-state index in [0.717, 1.165) is 0 Å². The van der Waals surface area contributed by atoms with Crippen LogP contribution in [-0.2, 0) is 9.53 Å². The van der Waals surface area contributed by atoms with E-state index in [2.05, 4.69) is 16.0 Å². The lowest BCUT2D eigenvalue weighted by Crippen LogP contribution is -2.30. The lowest BCUT2D eigenvalue weighted by Gasteiger charge is -2.06. The number of nitrogens with one attached hydrogen (secondary N) is 1. The van der Waals surface area contributed by atoms with Crippen LogP contribution in [-0.4, -0.2) is 36.4 Å². The number of nitrogens with two attached hydrogens (primary N) is 1. The normalized spacial score (nSPS) is 10.6. The van der Waals surface area contributed by atoms with Gasteiger partial charge in [-0.1, -0.05) is 5.92 Å². The molecule has 98 valence electrons. The van der Waals surface area contributed by atoms with Crippen molar-refractivity contribution in [2.75, 3.05) is 13.2 Å². The predicted molar refractivity (Wildman–Crippen MR) is 64.9 cm³/mol. The zero-order valence-corrected chi connectivity index (χ0v) is 10.2. The molecule has 7 heteroatoms. The first-order chi connectivity index (χ1) is 7.57. The SMILES string of the molecule is C#CCOC(=O)NCCCC[C@@H](N)C(=O)O.Cl. The van der Waals surface area contributed by atoms with E-state index in [1.807, 2.05) is 0 Å². The van der Waals surface area contributed by atoms with Crippen LogP contribution in [0.3, 0.4) is 0 Å². The summed E-state index contributed by atoms with van der Waals surface area (Å²) < 4.78 is 4.55. The summed E-state index contributed by atoms with van der Waals surface area (Å²) in [5, 5.41) is 11.0. The third-order valence-corrected chi connectivity index (χ3v) is 1.82. The quantitative estimate of drug-likeness (QED) is 0.455. The minimum Gasteiger partial charge on any atom is -0.480 e. The summed E-state index contributed by atoms with van der Waals surface area (Å²) in [7, 11) is 0. The van der Waals surface area contributed by atoms with E-state index >= 15 is 0 Å². The predicted octanol–water partition coefficient (Wildman–Crippen LogP) is 0.350. The number of carboxylic acids is 1. The first-order valence-corrected chi connectivity index (χ1v) is 4.90. The van der Waals surface area contributed by atoms with E-state index in [1.54, 1.807) is 0 Å². The molecule has 17 heavy (non-hydrogen) atoms. The Hall–Kier alpha value is -1.45. The lowest BCUT2D eigenvalue weighted by molar-refractivity contribution is -0.138. The largest absolute Gasteiger partial charge is 0.480 e. The van der Waals surface area contributed by atoms with E-state index in [4.69, 9.17) is 17.3 Å². The van der Waals surface area contributed by atoms with Crippen molar-refractivity contribution in [1.29, 1.82) is 0 Å². The molecule has 0 aliphatic rings. The number of hydrogen-bond donors (Lipinski definition) is 3. The van der Waals surface area contributed by atoms with E-state index in [9.17, 15) is 9.59 Å². The number of ether oxygens (including phenoxy) is 1. The number of carbonyl (C=O) groups excluding carboxylic acids is 1. The van der Waals surface area contributed by atoms with E-state index < -0.39 is 18.1 Å². The minimum atomic E-state index is -1.01. The molecular formula is C10H17ClN2O4. The van der Waals surface area contributed by atoms with Crippen LogP contribution in [0, 0.1) is 12.3 Å². The fourth-order valence-electron chi connectivity index (χ4n) is 0.961. The molecule has 6 nitrogen and oxygen atoms in total. The molecule has 0 aromatic rings. The Labute approximate surface area is 106 Å². The number of alkyl carbamates (subject to hydrolysis) is 1. The molecule has 1 amide bonds. The molecule has 0 spiro atoms. The molecule has 0 saturated carbocycles. The third-order valence-electron chi connectivity index (χ3n) is 1.82. The third kappa shape index (κ3) is 10.8. The van der Waals surface area contributed by atoms with Crippen LogP contribution in [0.5, 0.6) is 0 Å². The van der Waals surface area contributed by atoms with E-state index in [1.165, 1.54) is 0 Å². The van der Waals surface area contributed by atoms with Crippen LogP contribution in [0.1, 0.15) is 19.3 Å². The molecule has 1 atom stereocenters. The van der Waals surface area contributed by atoms with Crippen LogP contribution in [0.25, 0.3) is 0 Å². The highest BCUT2D eigenvalue weighted by atomic mass is 35.5. The average molecular weight is 265 g/mol. The zero-order chi connectivity index (χ0) is 12.4. The van der Waals surface area contributed by atoms with E-state index in [0.29, 0.717) is 25.8 Å². The summed E-state index contributed by atoms with van der Waals surface area (Å²) in [5.41, 5.74) is 5.29. The monoisotopic (exact) mass is 264 g/mol. The maximum atomic E-state index is 10.9. The van der Waals surface area contributed by atoms with Gasteiger partial charge in [0.15, 0.2) is 6.61 Å². The van der Waals surface area contributed by atoms with Crippen LogP contribution in [0.4, 0.5) is 4.79 Å². The van der Waals surface area contributed by atoms with Gasteiger partial charge in [-0.25, -0.2) is 4.79 Å². The van der Waals surface area contributed by atoms with Gasteiger partial charge in [0, 0.05) is 6.54 Å². The highest BCUT2D eigenvalue weighted by molar-refractivity contribution is 5.85. The molecule has 0 aromatic heterocycles. The average Bonchev–Trinajstić information content (AvgIpc) is 2.25. The smallest absolute Gasteiger partial charge is 0.408 e. The Kier molecular flexibility index (Phi) is 11.7. The molecule has 0 aliphatic heterocycles. The molecule has 0 saturated heterocycles. The zero-order valence-electron chi connectivity index (χ0n) is 9.35. The summed E-state index contributed by atoms with van der Waals surface area (Å²) in [5.74, 6) is 1.15. The van der Waals surface area contributed by atoms with Gasteiger partial charge in [0.05, 0.1) is 0 Å². The lowest BCUT2D eigenvalue weighted by atomic mass is 10.1. The van der Waals surface area contributed by atoms with Crippen molar-refractivity contribution in [3.63, 3.8) is 0 Å². The van der Waals surface area contributed by atoms with Crippen molar-refractivity contribution in [2.45, 2.75) is 25.3 Å². The van der Waals surface area contributed by atoms with Crippen molar-refractivity contribution < 1.29 is 19.4 Å². The molecule has 0 unspecified atom stereocenters. The maximum Gasteiger partial charge on any atom is 0.408 e. The fraction of sp³-hybridized carbons (Fsp3) is 0.600. The topological polar surface area (TPSA) is 102 Å². The number of hydrogen-bond acceptors (Lipinski definition) is 4. The molecule has 0 bridgehead atoms. The number of terminal acetylenes is 1. The molecule has 0 aromatic carbocycles. The molecular weight excluding hydrogens is 248 g/mol. The molecule has 0 rings (SSSR count). The summed E-state index contributed by atoms with van der Waals surface area (Å²) in [6, 6.07) is -0.839. The van der Waals surface area contributed by atoms with Gasteiger partial charge >= 0.3 is 12.1 Å². The number of amides is 1. The minimum absolute atomic E-state index is 0. The standard InChI is InChI=1S/C10H16N2O4.ClH/c1-2-7-16-10(15)12-6-4-3-5-8(11)9(13)14;/h1,8H,3-7,11H2,(H,12,15)(H,13,14);1H/t8-;/m1./s1. The Morgan fingerprint density at radius 3 is 2.65 bits per heavy atom. The van der Waals surface area contributed by atoms with Crippen LogP contribution in [0.2, 0.25) is 0 Å². The number of unbranched alkanes of at least 4 members (excludes halogenated alkanes) is 1. The molecule has 4 N–H and O–H groups in total. The van der Waals surface area contributed by atoms with Gasteiger partial charge < -0.3 is 20.9 Å². The van der Waals surface area contributed by atoms with Gasteiger partial charge in [0.1, 0.15) is 6.04 Å². The van der Waals surface area contributed by atoms with Crippen molar-refractivity contribution in [1.82, 2.24) is 5.32 Å². The highest BCUT2D eigenvalue weighted by Crippen LogP contribution is 1.98. The van der Waals surface area contributed by atoms with Crippen molar-refractivity contribution in [2.24, 2.45) is 5.73 Å².